The lowest BCUT2D eigenvalue weighted by Crippen LogP contribution is -2.03. The molecule has 0 aliphatic heterocycles. The molecule has 1 heterocycles. The average Bonchev–Trinajstić information content (AvgIpc) is 2.59. The Kier molecular flexibility index (Phi) is 4.90. The molecule has 0 saturated heterocycles. The first-order valence-electron chi connectivity index (χ1n) is 7.62. The Hall–Kier alpha value is -2.99. The Balaban J connectivity index is 1.78. The number of hydrogen-bond donors (Lipinski definition) is 2. The van der Waals surface area contributed by atoms with Crippen molar-refractivity contribution in [2.75, 3.05) is 10.6 Å². The maximum Gasteiger partial charge on any atom is 0.249 e. The molecule has 3 aromatic rings. The van der Waals surface area contributed by atoms with Gasteiger partial charge >= 0.3 is 0 Å². The van der Waals surface area contributed by atoms with Crippen molar-refractivity contribution in [1.29, 1.82) is 0 Å². The summed E-state index contributed by atoms with van der Waals surface area (Å²) in [6.07, 6.45) is 1.52. The number of aromatic nitrogens is 3. The standard InChI is InChI=1S/C18H16ClN5O/c1-11-6-7-15(9-16(11)19)21-17-10-20-24-18(23-17)22-14-5-3-4-13(8-14)12(2)25/h3-10H,1-2H3,(H2,21,22,23,24). The van der Waals surface area contributed by atoms with Gasteiger partial charge in [0.15, 0.2) is 11.6 Å². The molecule has 0 saturated carbocycles. The van der Waals surface area contributed by atoms with Crippen LogP contribution >= 0.6 is 11.6 Å². The second-order valence-corrected chi connectivity index (χ2v) is 5.92. The molecule has 0 unspecified atom stereocenters. The zero-order valence-electron chi connectivity index (χ0n) is 13.7. The summed E-state index contributed by atoms with van der Waals surface area (Å²) in [5, 5.41) is 14.7. The molecule has 0 radical (unpaired) electrons. The highest BCUT2D eigenvalue weighted by molar-refractivity contribution is 6.31. The van der Waals surface area contributed by atoms with Crippen molar-refractivity contribution in [3.05, 3.63) is 64.8 Å². The predicted molar refractivity (Wildman–Crippen MR) is 99.0 cm³/mol. The van der Waals surface area contributed by atoms with Crippen LogP contribution in [0, 0.1) is 6.92 Å². The van der Waals surface area contributed by atoms with E-state index in [-0.39, 0.29) is 5.78 Å². The van der Waals surface area contributed by atoms with E-state index in [9.17, 15) is 4.79 Å². The smallest absolute Gasteiger partial charge is 0.249 e. The number of rotatable bonds is 5. The molecule has 2 aromatic carbocycles. The Morgan fingerprint density at radius 1 is 1.08 bits per heavy atom. The normalized spacial score (nSPS) is 10.4. The summed E-state index contributed by atoms with van der Waals surface area (Å²) in [6.45, 7) is 3.46. The molecule has 6 nitrogen and oxygen atoms in total. The third kappa shape index (κ3) is 4.30. The summed E-state index contributed by atoms with van der Waals surface area (Å²) in [4.78, 5) is 15.8. The lowest BCUT2D eigenvalue weighted by atomic mass is 10.1. The molecule has 0 bridgehead atoms. The molecule has 0 atom stereocenters. The highest BCUT2D eigenvalue weighted by Gasteiger charge is 2.05. The van der Waals surface area contributed by atoms with Crippen LogP contribution < -0.4 is 10.6 Å². The number of Topliss-reactive ketones (excluding diaryl/α,β-unsaturated/α-hetero) is 1. The molecule has 126 valence electrons. The second-order valence-electron chi connectivity index (χ2n) is 5.52. The van der Waals surface area contributed by atoms with Gasteiger partial charge in [0.05, 0.1) is 6.20 Å². The highest BCUT2D eigenvalue weighted by Crippen LogP contribution is 2.23. The first-order chi connectivity index (χ1) is 12.0. The van der Waals surface area contributed by atoms with Gasteiger partial charge < -0.3 is 10.6 Å². The number of ketones is 1. The van der Waals surface area contributed by atoms with Crippen LogP contribution in [-0.2, 0) is 0 Å². The molecule has 25 heavy (non-hydrogen) atoms. The van der Waals surface area contributed by atoms with E-state index in [4.69, 9.17) is 11.6 Å². The molecule has 0 aliphatic rings. The van der Waals surface area contributed by atoms with Gasteiger partial charge in [0.1, 0.15) is 0 Å². The van der Waals surface area contributed by atoms with Crippen molar-refractivity contribution < 1.29 is 4.79 Å². The number of carbonyl (C=O) groups is 1. The van der Waals surface area contributed by atoms with Gasteiger partial charge in [0.25, 0.3) is 0 Å². The second kappa shape index (κ2) is 7.27. The summed E-state index contributed by atoms with van der Waals surface area (Å²) in [6, 6.07) is 12.8. The van der Waals surface area contributed by atoms with E-state index in [0.29, 0.717) is 28.0 Å². The van der Waals surface area contributed by atoms with E-state index in [1.54, 1.807) is 18.2 Å². The SMILES string of the molecule is CC(=O)c1cccc(Nc2nncc(Nc3ccc(C)c(Cl)c3)n2)c1. The fourth-order valence-corrected chi connectivity index (χ4v) is 2.36. The molecule has 0 amide bonds. The van der Waals surface area contributed by atoms with Crippen LogP contribution in [0.15, 0.2) is 48.7 Å². The lowest BCUT2D eigenvalue weighted by Gasteiger charge is -2.09. The lowest BCUT2D eigenvalue weighted by molar-refractivity contribution is 0.101. The monoisotopic (exact) mass is 353 g/mol. The van der Waals surface area contributed by atoms with Crippen molar-refractivity contribution in [3.8, 4) is 0 Å². The van der Waals surface area contributed by atoms with E-state index in [2.05, 4.69) is 25.8 Å². The van der Waals surface area contributed by atoms with Gasteiger partial charge in [0.2, 0.25) is 5.95 Å². The summed E-state index contributed by atoms with van der Waals surface area (Å²) >= 11 is 6.13. The van der Waals surface area contributed by atoms with Gasteiger partial charge in [-0.1, -0.05) is 29.8 Å². The number of halogens is 1. The maximum absolute atomic E-state index is 11.5. The molecule has 0 spiro atoms. The van der Waals surface area contributed by atoms with Crippen molar-refractivity contribution >= 4 is 40.5 Å². The van der Waals surface area contributed by atoms with Gasteiger partial charge in [-0.3, -0.25) is 4.79 Å². The highest BCUT2D eigenvalue weighted by atomic mass is 35.5. The Bertz CT molecular complexity index is 929. The molecule has 2 N–H and O–H groups in total. The maximum atomic E-state index is 11.5. The van der Waals surface area contributed by atoms with Gasteiger partial charge in [-0.15, -0.1) is 5.10 Å². The van der Waals surface area contributed by atoms with Crippen LogP contribution in [0.25, 0.3) is 0 Å². The topological polar surface area (TPSA) is 79.8 Å². The molecule has 7 heteroatoms. The number of anilines is 4. The molecule has 0 fully saturated rings. The minimum Gasteiger partial charge on any atom is -0.339 e. The van der Waals surface area contributed by atoms with Gasteiger partial charge in [-0.2, -0.15) is 10.1 Å². The Morgan fingerprint density at radius 2 is 1.88 bits per heavy atom. The van der Waals surface area contributed by atoms with Crippen LogP contribution in [0.2, 0.25) is 5.02 Å². The van der Waals surface area contributed by atoms with Crippen molar-refractivity contribution in [2.45, 2.75) is 13.8 Å². The van der Waals surface area contributed by atoms with E-state index < -0.39 is 0 Å². The first-order valence-corrected chi connectivity index (χ1v) is 8.00. The summed E-state index contributed by atoms with van der Waals surface area (Å²) in [5.41, 5.74) is 3.13. The molecule has 1 aromatic heterocycles. The van der Waals surface area contributed by atoms with E-state index in [1.165, 1.54) is 13.1 Å². The zero-order valence-corrected chi connectivity index (χ0v) is 14.5. The number of nitrogens with one attached hydrogen (secondary N) is 2. The number of aryl methyl sites for hydroxylation is 1. The number of hydrogen-bond acceptors (Lipinski definition) is 6. The average molecular weight is 354 g/mol. The third-order valence-electron chi connectivity index (χ3n) is 3.53. The summed E-state index contributed by atoms with van der Waals surface area (Å²) in [5.74, 6) is 0.846. The van der Waals surface area contributed by atoms with Crippen LogP contribution in [0.4, 0.5) is 23.1 Å². The van der Waals surface area contributed by atoms with E-state index in [1.807, 2.05) is 31.2 Å². The fraction of sp³-hybridized carbons (Fsp3) is 0.111. The summed E-state index contributed by atoms with van der Waals surface area (Å²) in [7, 11) is 0. The fourth-order valence-electron chi connectivity index (χ4n) is 2.18. The van der Waals surface area contributed by atoms with Gasteiger partial charge in [-0.05, 0) is 43.7 Å². The largest absolute Gasteiger partial charge is 0.339 e. The minimum atomic E-state index is -0.00522. The van der Waals surface area contributed by atoms with Crippen molar-refractivity contribution in [3.63, 3.8) is 0 Å². The van der Waals surface area contributed by atoms with Gasteiger partial charge in [0, 0.05) is 22.0 Å². The van der Waals surface area contributed by atoms with E-state index >= 15 is 0 Å². The first kappa shape index (κ1) is 16.9. The molecular formula is C18H16ClN5O. The quantitative estimate of drug-likeness (QED) is 0.656. The number of nitrogens with zero attached hydrogens (tertiary/aromatic N) is 3. The molecule has 0 aliphatic carbocycles. The van der Waals surface area contributed by atoms with Crippen LogP contribution in [0.1, 0.15) is 22.8 Å². The number of benzene rings is 2. The Morgan fingerprint density at radius 3 is 2.64 bits per heavy atom. The predicted octanol–water partition coefficient (Wildman–Crippen LogP) is 4.52. The van der Waals surface area contributed by atoms with Crippen LogP contribution in [0.5, 0.6) is 0 Å². The third-order valence-corrected chi connectivity index (χ3v) is 3.94. The molecular weight excluding hydrogens is 338 g/mol. The molecule has 3 rings (SSSR count). The van der Waals surface area contributed by atoms with Gasteiger partial charge in [-0.25, -0.2) is 0 Å². The van der Waals surface area contributed by atoms with Crippen LogP contribution in [0.3, 0.4) is 0 Å². The van der Waals surface area contributed by atoms with Crippen molar-refractivity contribution in [1.82, 2.24) is 15.2 Å². The number of carbonyl (C=O) groups excluding carboxylic acids is 1. The van der Waals surface area contributed by atoms with Crippen molar-refractivity contribution in [2.24, 2.45) is 0 Å². The summed E-state index contributed by atoms with van der Waals surface area (Å²) < 4.78 is 0. The minimum absolute atomic E-state index is 0.00522. The van der Waals surface area contributed by atoms with Crippen LogP contribution in [-0.4, -0.2) is 21.0 Å². The Labute approximate surface area is 150 Å². The zero-order chi connectivity index (χ0) is 17.8. The van der Waals surface area contributed by atoms with E-state index in [0.717, 1.165) is 11.3 Å².